The first-order valence-corrected chi connectivity index (χ1v) is 7.50. The topological polar surface area (TPSA) is 66.8 Å². The van der Waals surface area contributed by atoms with Crippen LogP contribution in [0, 0.1) is 11.8 Å². The van der Waals surface area contributed by atoms with Crippen LogP contribution in [0.25, 0.3) is 0 Å². The number of rotatable bonds is 1. The maximum atomic E-state index is 12.3. The summed E-state index contributed by atoms with van der Waals surface area (Å²) in [5.41, 5.74) is -0.484. The fourth-order valence-corrected chi connectivity index (χ4v) is 3.43. The quantitative estimate of drug-likeness (QED) is 0.803. The zero-order valence-electron chi connectivity index (χ0n) is 12.6. The van der Waals surface area contributed by atoms with Crippen LogP contribution in [0.4, 0.5) is 4.79 Å². The van der Waals surface area contributed by atoms with Crippen LogP contribution in [0.3, 0.4) is 0 Å². The number of aliphatic carboxylic acids is 1. The second-order valence-corrected chi connectivity index (χ2v) is 6.99. The summed E-state index contributed by atoms with van der Waals surface area (Å²) in [5.74, 6) is -0.626. The minimum atomic E-state index is -0.696. The average molecular weight is 283 g/mol. The van der Waals surface area contributed by atoms with Gasteiger partial charge in [0.05, 0.1) is 5.92 Å². The number of amides is 1. The van der Waals surface area contributed by atoms with Gasteiger partial charge in [-0.1, -0.05) is 0 Å². The number of carbonyl (C=O) groups excluding carboxylic acids is 1. The van der Waals surface area contributed by atoms with Crippen LogP contribution in [0.2, 0.25) is 0 Å². The fourth-order valence-electron chi connectivity index (χ4n) is 3.43. The summed E-state index contributed by atoms with van der Waals surface area (Å²) in [4.78, 5) is 25.2. The molecule has 1 saturated carbocycles. The van der Waals surface area contributed by atoms with Crippen LogP contribution < -0.4 is 0 Å². The maximum absolute atomic E-state index is 12.3. The largest absolute Gasteiger partial charge is 0.481 e. The van der Waals surface area contributed by atoms with Gasteiger partial charge in [-0.2, -0.15) is 0 Å². The summed E-state index contributed by atoms with van der Waals surface area (Å²) >= 11 is 0. The van der Waals surface area contributed by atoms with Gasteiger partial charge >= 0.3 is 12.1 Å². The molecule has 0 spiro atoms. The number of carboxylic acids is 1. The van der Waals surface area contributed by atoms with E-state index in [-0.39, 0.29) is 18.1 Å². The van der Waals surface area contributed by atoms with Gasteiger partial charge in [0.15, 0.2) is 0 Å². The molecule has 3 unspecified atom stereocenters. The van der Waals surface area contributed by atoms with E-state index < -0.39 is 11.6 Å². The Hall–Kier alpha value is -1.26. The summed E-state index contributed by atoms with van der Waals surface area (Å²) in [6.45, 7) is 6.34. The molecule has 5 nitrogen and oxygen atoms in total. The monoisotopic (exact) mass is 283 g/mol. The third-order valence-corrected chi connectivity index (χ3v) is 4.29. The molecule has 1 N–H and O–H groups in total. The number of carboxylic acid groups (broad SMARTS) is 1. The van der Waals surface area contributed by atoms with Crippen molar-refractivity contribution in [2.75, 3.05) is 6.54 Å². The Morgan fingerprint density at radius 1 is 1.20 bits per heavy atom. The molecule has 114 valence electrons. The van der Waals surface area contributed by atoms with Crippen molar-refractivity contribution in [2.24, 2.45) is 11.8 Å². The van der Waals surface area contributed by atoms with Gasteiger partial charge in [-0.3, -0.25) is 4.79 Å². The molecule has 3 atom stereocenters. The summed E-state index contributed by atoms with van der Waals surface area (Å²) in [6, 6.07) is 0.161. The SMILES string of the molecule is CC(C)(C)OC(=O)N1CCCC2CC(C(=O)O)CCC21. The van der Waals surface area contributed by atoms with Crippen LogP contribution in [0.15, 0.2) is 0 Å². The van der Waals surface area contributed by atoms with Crippen LogP contribution in [-0.4, -0.2) is 40.3 Å². The van der Waals surface area contributed by atoms with Gasteiger partial charge in [-0.25, -0.2) is 4.79 Å². The van der Waals surface area contributed by atoms with Crippen LogP contribution >= 0.6 is 0 Å². The molecule has 0 bridgehead atoms. The predicted molar refractivity (Wildman–Crippen MR) is 74.4 cm³/mol. The number of nitrogens with zero attached hydrogens (tertiary/aromatic N) is 1. The van der Waals surface area contributed by atoms with Crippen molar-refractivity contribution in [1.29, 1.82) is 0 Å². The standard InChI is InChI=1S/C15H25NO4/c1-15(2,3)20-14(19)16-8-4-5-10-9-11(13(17)18)6-7-12(10)16/h10-12H,4-9H2,1-3H3,(H,17,18). The van der Waals surface area contributed by atoms with Crippen molar-refractivity contribution < 1.29 is 19.4 Å². The molecule has 5 heteroatoms. The van der Waals surface area contributed by atoms with E-state index in [9.17, 15) is 9.59 Å². The van der Waals surface area contributed by atoms with Crippen LogP contribution in [0.1, 0.15) is 52.9 Å². The van der Waals surface area contributed by atoms with E-state index >= 15 is 0 Å². The number of carbonyl (C=O) groups is 2. The van der Waals surface area contributed by atoms with E-state index in [0.717, 1.165) is 25.8 Å². The van der Waals surface area contributed by atoms with Crippen molar-refractivity contribution in [3.8, 4) is 0 Å². The van der Waals surface area contributed by atoms with Gasteiger partial charge in [0, 0.05) is 12.6 Å². The van der Waals surface area contributed by atoms with Gasteiger partial charge in [0.1, 0.15) is 5.60 Å². The molecule has 0 aromatic rings. The molecule has 0 aromatic heterocycles. The first kappa shape index (κ1) is 15.1. The molecule has 0 radical (unpaired) electrons. The number of hydrogen-bond acceptors (Lipinski definition) is 3. The first-order chi connectivity index (χ1) is 9.28. The summed E-state index contributed by atoms with van der Waals surface area (Å²) in [7, 11) is 0. The zero-order chi connectivity index (χ0) is 14.9. The highest BCUT2D eigenvalue weighted by Gasteiger charge is 2.41. The predicted octanol–water partition coefficient (Wildman–Crippen LogP) is 2.89. The molecule has 1 aliphatic carbocycles. The second kappa shape index (κ2) is 5.62. The van der Waals surface area contributed by atoms with Crippen molar-refractivity contribution in [1.82, 2.24) is 4.90 Å². The van der Waals surface area contributed by atoms with Crippen LogP contribution in [0.5, 0.6) is 0 Å². The molecule has 2 rings (SSSR count). The Morgan fingerprint density at radius 2 is 1.90 bits per heavy atom. The van der Waals surface area contributed by atoms with E-state index in [0.29, 0.717) is 18.8 Å². The summed E-state index contributed by atoms with van der Waals surface area (Å²) in [5, 5.41) is 9.15. The normalized spacial score (nSPS) is 30.6. The summed E-state index contributed by atoms with van der Waals surface area (Å²) < 4.78 is 5.47. The number of hydrogen-bond donors (Lipinski definition) is 1. The molecule has 1 aliphatic heterocycles. The number of piperidine rings is 1. The molecule has 20 heavy (non-hydrogen) atoms. The van der Waals surface area contributed by atoms with Gasteiger partial charge in [-0.15, -0.1) is 0 Å². The molecule has 1 saturated heterocycles. The zero-order valence-corrected chi connectivity index (χ0v) is 12.6. The van der Waals surface area contributed by atoms with E-state index in [1.807, 2.05) is 25.7 Å². The molecule has 1 amide bonds. The maximum Gasteiger partial charge on any atom is 0.410 e. The molecule has 0 aromatic carbocycles. The van der Waals surface area contributed by atoms with Crippen molar-refractivity contribution >= 4 is 12.1 Å². The smallest absolute Gasteiger partial charge is 0.410 e. The minimum absolute atomic E-state index is 0.161. The summed E-state index contributed by atoms with van der Waals surface area (Å²) in [6.07, 6.45) is 3.84. The van der Waals surface area contributed by atoms with Gasteiger partial charge < -0.3 is 14.7 Å². The molecular weight excluding hydrogens is 258 g/mol. The lowest BCUT2D eigenvalue weighted by molar-refractivity contribution is -0.144. The van der Waals surface area contributed by atoms with Gasteiger partial charge in [-0.05, 0) is 58.8 Å². The van der Waals surface area contributed by atoms with E-state index in [4.69, 9.17) is 9.84 Å². The lowest BCUT2D eigenvalue weighted by atomic mass is 9.73. The Balaban J connectivity index is 2.02. The Morgan fingerprint density at radius 3 is 2.50 bits per heavy atom. The highest BCUT2D eigenvalue weighted by Crippen LogP contribution is 2.38. The average Bonchev–Trinajstić information content (AvgIpc) is 2.35. The van der Waals surface area contributed by atoms with E-state index in [1.165, 1.54) is 0 Å². The molecule has 2 fully saturated rings. The Kier molecular flexibility index (Phi) is 4.25. The molecule has 2 aliphatic rings. The molecule has 1 heterocycles. The van der Waals surface area contributed by atoms with E-state index in [2.05, 4.69) is 0 Å². The lowest BCUT2D eigenvalue weighted by Crippen LogP contribution is -2.52. The minimum Gasteiger partial charge on any atom is -0.481 e. The number of fused-ring (bicyclic) bond motifs is 1. The lowest BCUT2D eigenvalue weighted by Gasteiger charge is -2.45. The highest BCUT2D eigenvalue weighted by molar-refractivity contribution is 5.71. The van der Waals surface area contributed by atoms with Crippen molar-refractivity contribution in [3.05, 3.63) is 0 Å². The first-order valence-electron chi connectivity index (χ1n) is 7.50. The second-order valence-electron chi connectivity index (χ2n) is 6.99. The Bertz CT molecular complexity index is 388. The highest BCUT2D eigenvalue weighted by atomic mass is 16.6. The van der Waals surface area contributed by atoms with Crippen molar-refractivity contribution in [2.45, 2.75) is 64.5 Å². The van der Waals surface area contributed by atoms with Gasteiger partial charge in [0.2, 0.25) is 0 Å². The van der Waals surface area contributed by atoms with Gasteiger partial charge in [0.25, 0.3) is 0 Å². The Labute approximate surface area is 120 Å². The van der Waals surface area contributed by atoms with Crippen molar-refractivity contribution in [3.63, 3.8) is 0 Å². The van der Waals surface area contributed by atoms with E-state index in [1.54, 1.807) is 0 Å². The third kappa shape index (κ3) is 3.44. The van der Waals surface area contributed by atoms with Crippen LogP contribution in [-0.2, 0) is 9.53 Å². The number of likely N-dealkylation sites (tertiary alicyclic amines) is 1. The fraction of sp³-hybridized carbons (Fsp3) is 0.867. The number of ether oxygens (including phenoxy) is 1. The third-order valence-electron chi connectivity index (χ3n) is 4.29. The molecular formula is C15H25NO4.